The first-order valence-corrected chi connectivity index (χ1v) is 6.82. The van der Waals surface area contributed by atoms with Crippen LogP contribution in [-0.4, -0.2) is 5.97 Å². The third-order valence-electron chi connectivity index (χ3n) is 2.62. The van der Waals surface area contributed by atoms with Crippen molar-refractivity contribution in [1.82, 2.24) is 0 Å². The molecule has 0 unspecified atom stereocenters. The van der Waals surface area contributed by atoms with Crippen molar-refractivity contribution in [3.8, 4) is 0 Å². The van der Waals surface area contributed by atoms with E-state index in [1.165, 1.54) is 10.8 Å². The summed E-state index contributed by atoms with van der Waals surface area (Å²) in [5, 5.41) is 11.0. The first kappa shape index (κ1) is 14.0. The number of carbonyl (C=O) groups is 1. The molecule has 0 radical (unpaired) electrons. The molecule has 0 aliphatic heterocycles. The number of anilines is 1. The molecule has 3 aromatic rings. The first-order chi connectivity index (χ1) is 9.56. The van der Waals surface area contributed by atoms with Crippen molar-refractivity contribution in [2.24, 2.45) is 0 Å². The normalized spacial score (nSPS) is 9.85. The van der Waals surface area contributed by atoms with Crippen molar-refractivity contribution in [3.63, 3.8) is 0 Å². The number of benzene rings is 2. The summed E-state index contributed by atoms with van der Waals surface area (Å²) in [4.78, 5) is 13.3. The molecule has 1 aromatic heterocycles. The lowest BCUT2D eigenvalue weighted by Crippen LogP contribution is -2.22. The average Bonchev–Trinajstić information content (AvgIpc) is 2.79. The van der Waals surface area contributed by atoms with Crippen LogP contribution < -0.4 is 15.8 Å². The second-order valence-corrected chi connectivity index (χ2v) is 5.33. The van der Waals surface area contributed by atoms with Crippen molar-refractivity contribution >= 4 is 32.7 Å². The molecule has 0 bridgehead atoms. The third kappa shape index (κ3) is 3.55. The summed E-state index contributed by atoms with van der Waals surface area (Å²) in [6.07, 6.45) is 0. The van der Waals surface area contributed by atoms with Crippen LogP contribution in [0.25, 0.3) is 10.2 Å². The van der Waals surface area contributed by atoms with Crippen molar-refractivity contribution in [2.75, 3.05) is 5.73 Å². The molecule has 0 saturated heterocycles. The fourth-order valence-electron chi connectivity index (χ4n) is 1.71. The lowest BCUT2D eigenvalue weighted by Gasteiger charge is -2.01. The zero-order valence-corrected chi connectivity index (χ0v) is 11.7. The molecule has 4 nitrogen and oxygen atoms in total. The van der Waals surface area contributed by atoms with E-state index < -0.39 is 5.97 Å². The maximum atomic E-state index is 10.2. The fourth-order valence-corrected chi connectivity index (χ4v) is 2.48. The predicted molar refractivity (Wildman–Crippen MR) is 78.3 cm³/mol. The van der Waals surface area contributed by atoms with Crippen molar-refractivity contribution in [3.05, 3.63) is 59.7 Å². The van der Waals surface area contributed by atoms with Crippen molar-refractivity contribution in [2.45, 2.75) is 6.92 Å². The molecule has 0 spiro atoms. The van der Waals surface area contributed by atoms with E-state index in [0.717, 1.165) is 16.2 Å². The monoisotopic (exact) mass is 286 g/mol. The van der Waals surface area contributed by atoms with Gasteiger partial charge in [-0.2, -0.15) is 0 Å². The molecule has 0 amide bonds. The van der Waals surface area contributed by atoms with Crippen LogP contribution in [0.1, 0.15) is 15.9 Å². The molecular formula is C15H14N2O2S. The van der Waals surface area contributed by atoms with Crippen LogP contribution in [0.2, 0.25) is 0 Å². The summed E-state index contributed by atoms with van der Waals surface area (Å²) in [6, 6.07) is 14.7. The van der Waals surface area contributed by atoms with Gasteiger partial charge in [-0.05, 0) is 36.0 Å². The van der Waals surface area contributed by atoms with Crippen LogP contribution in [0.4, 0.5) is 5.13 Å². The summed E-state index contributed by atoms with van der Waals surface area (Å²) < 4.78 is 1.21. The molecule has 0 aliphatic rings. The van der Waals surface area contributed by atoms with Gasteiger partial charge in [0.05, 0.1) is 10.7 Å². The van der Waals surface area contributed by atoms with Gasteiger partial charge in [-0.15, -0.1) is 0 Å². The lowest BCUT2D eigenvalue weighted by atomic mass is 10.1. The van der Waals surface area contributed by atoms with Gasteiger partial charge >= 0.3 is 5.13 Å². The molecule has 3 N–H and O–H groups in total. The minimum Gasteiger partial charge on any atom is -0.545 e. The second kappa shape index (κ2) is 6.16. The standard InChI is InChI=1S/C8H8O2.C7H6N2S/c1-6-3-2-4-7(5-6)8(9)10;8-7-9-5-3-1-2-4-6(5)10-7/h2-5H,1H3,(H,9,10);1-4H,(H2,8,9). The SMILES string of the molecule is Cc1cccc(C(=O)[O-])c1.Nc1[nH+]c2ccccc2s1. The van der Waals surface area contributed by atoms with Gasteiger partial charge < -0.3 is 9.90 Å². The molecule has 0 aliphatic carbocycles. The molecular weight excluding hydrogens is 272 g/mol. The quantitative estimate of drug-likeness (QED) is 0.738. The predicted octanol–water partition coefficient (Wildman–Crippen LogP) is 1.66. The van der Waals surface area contributed by atoms with E-state index in [9.17, 15) is 9.90 Å². The fraction of sp³-hybridized carbons (Fsp3) is 0.0667. The minimum absolute atomic E-state index is 0.236. The van der Waals surface area contributed by atoms with Gasteiger partial charge in [-0.25, -0.2) is 4.98 Å². The van der Waals surface area contributed by atoms with Crippen LogP contribution in [0.5, 0.6) is 0 Å². The maximum absolute atomic E-state index is 10.2. The molecule has 0 atom stereocenters. The largest absolute Gasteiger partial charge is 0.545 e. The summed E-state index contributed by atoms with van der Waals surface area (Å²) >= 11 is 1.57. The number of rotatable bonds is 1. The highest BCUT2D eigenvalue weighted by Gasteiger charge is 2.01. The number of aromatic amines is 1. The van der Waals surface area contributed by atoms with E-state index in [2.05, 4.69) is 4.98 Å². The lowest BCUT2D eigenvalue weighted by molar-refractivity contribution is -0.320. The van der Waals surface area contributed by atoms with Crippen LogP contribution in [-0.2, 0) is 0 Å². The number of thiazole rings is 1. The minimum atomic E-state index is -1.12. The number of carbonyl (C=O) groups excluding carboxylic acids is 1. The Bertz CT molecular complexity index is 704. The summed E-state index contributed by atoms with van der Waals surface area (Å²) in [7, 11) is 0. The van der Waals surface area contributed by atoms with Crippen molar-refractivity contribution < 1.29 is 14.9 Å². The number of aromatic nitrogens is 1. The zero-order chi connectivity index (χ0) is 14.5. The zero-order valence-electron chi connectivity index (χ0n) is 10.9. The summed E-state index contributed by atoms with van der Waals surface area (Å²) in [6.45, 7) is 1.84. The molecule has 20 heavy (non-hydrogen) atoms. The number of carboxylic acids is 1. The highest BCUT2D eigenvalue weighted by Crippen LogP contribution is 2.18. The highest BCUT2D eigenvalue weighted by molar-refractivity contribution is 7.21. The van der Waals surface area contributed by atoms with Gasteiger partial charge in [0.1, 0.15) is 5.52 Å². The van der Waals surface area contributed by atoms with E-state index in [0.29, 0.717) is 0 Å². The Kier molecular flexibility index (Phi) is 4.32. The smallest absolute Gasteiger partial charge is 0.330 e. The highest BCUT2D eigenvalue weighted by atomic mass is 32.1. The van der Waals surface area contributed by atoms with Gasteiger partial charge in [0, 0.05) is 0 Å². The average molecular weight is 286 g/mol. The second-order valence-electron chi connectivity index (χ2n) is 4.24. The molecule has 3 rings (SSSR count). The Hall–Kier alpha value is -2.40. The number of fused-ring (bicyclic) bond motifs is 1. The van der Waals surface area contributed by atoms with E-state index in [4.69, 9.17) is 5.73 Å². The van der Waals surface area contributed by atoms with E-state index in [1.54, 1.807) is 23.5 Å². The Morgan fingerprint density at radius 3 is 2.55 bits per heavy atom. The Labute approximate surface area is 120 Å². The van der Waals surface area contributed by atoms with E-state index in [1.807, 2.05) is 37.3 Å². The molecule has 1 heterocycles. The number of aromatic carboxylic acids is 1. The van der Waals surface area contributed by atoms with Crippen molar-refractivity contribution in [1.29, 1.82) is 0 Å². The molecule has 102 valence electrons. The summed E-state index contributed by atoms with van der Waals surface area (Å²) in [5.74, 6) is -1.12. The van der Waals surface area contributed by atoms with Gasteiger partial charge in [-0.1, -0.05) is 42.0 Å². The first-order valence-electron chi connectivity index (χ1n) is 6.00. The number of nitrogen functional groups attached to an aromatic ring is 1. The number of H-pyrrole nitrogens is 1. The maximum Gasteiger partial charge on any atom is 0.330 e. The number of aryl methyl sites for hydroxylation is 1. The van der Waals surface area contributed by atoms with Crippen LogP contribution >= 0.6 is 11.3 Å². The van der Waals surface area contributed by atoms with E-state index >= 15 is 0 Å². The number of para-hydroxylation sites is 1. The number of carboxylic acid groups (broad SMARTS) is 1. The Balaban J connectivity index is 0.000000147. The number of nitrogens with two attached hydrogens (primary N) is 1. The van der Waals surface area contributed by atoms with Crippen LogP contribution in [0, 0.1) is 6.92 Å². The third-order valence-corrected chi connectivity index (χ3v) is 3.52. The van der Waals surface area contributed by atoms with Crippen LogP contribution in [0.15, 0.2) is 48.5 Å². The Morgan fingerprint density at radius 1 is 1.20 bits per heavy atom. The molecule has 0 saturated carbocycles. The van der Waals surface area contributed by atoms with E-state index in [-0.39, 0.29) is 5.56 Å². The van der Waals surface area contributed by atoms with Gasteiger partial charge in [0.25, 0.3) is 0 Å². The van der Waals surface area contributed by atoms with Gasteiger partial charge in [0.2, 0.25) is 0 Å². The topological polar surface area (TPSA) is 80.3 Å². The summed E-state index contributed by atoms with van der Waals surface area (Å²) in [5.41, 5.74) is 7.84. The molecule has 5 heteroatoms. The van der Waals surface area contributed by atoms with Gasteiger partial charge in [0.15, 0.2) is 0 Å². The number of hydrogen-bond donors (Lipinski definition) is 1. The Morgan fingerprint density at radius 2 is 1.95 bits per heavy atom. The molecule has 2 aromatic carbocycles. The molecule has 0 fully saturated rings. The van der Waals surface area contributed by atoms with Gasteiger partial charge in [-0.3, -0.25) is 5.73 Å². The number of hydrogen-bond acceptors (Lipinski definition) is 4. The number of nitrogens with one attached hydrogen (secondary N) is 1. The van der Waals surface area contributed by atoms with Crippen LogP contribution in [0.3, 0.4) is 0 Å².